The number of phenols is 2. The summed E-state index contributed by atoms with van der Waals surface area (Å²) in [5.41, 5.74) is 3.45. The maximum atomic E-state index is 13.8. The summed E-state index contributed by atoms with van der Waals surface area (Å²) in [7, 11) is 1.87. The second kappa shape index (κ2) is 7.74. The molecule has 1 aliphatic heterocycles. The number of hydrogen-bond donors (Lipinski definition) is 2. The van der Waals surface area contributed by atoms with E-state index in [9.17, 15) is 27.8 Å². The van der Waals surface area contributed by atoms with Gasteiger partial charge in [0.2, 0.25) is 0 Å². The molecule has 4 aromatic carbocycles. The van der Waals surface area contributed by atoms with Gasteiger partial charge in [0.25, 0.3) is 0 Å². The Balaban J connectivity index is 1.56. The molecule has 0 atom stereocenters. The van der Waals surface area contributed by atoms with Gasteiger partial charge in [-0.1, -0.05) is 23.9 Å². The molecule has 0 radical (unpaired) electrons. The number of anilines is 2. The predicted octanol–water partition coefficient (Wildman–Crippen LogP) is 7.22. The maximum Gasteiger partial charge on any atom is 0.187 e. The van der Waals surface area contributed by atoms with Crippen LogP contribution in [0.4, 0.5) is 28.9 Å². The SMILES string of the molecule is CN1c2ccc(-c3cc(F)c(O)c(F)c3)cc2Sc2cc(-c3cc(F)c(O)c(F)c3)ccc21. The molecule has 0 fully saturated rings. The standard InChI is InChI=1S/C25H15F4NO2S/c1-30-20-4-2-12(14-6-16(26)24(31)17(27)7-14)10-22(20)33-23-11-13(3-5-21(23)30)15-8-18(28)25(32)19(29)9-15/h2-11,31-32H,1H3. The van der Waals surface area contributed by atoms with E-state index in [1.165, 1.54) is 11.8 Å². The highest BCUT2D eigenvalue weighted by Crippen LogP contribution is 2.49. The average Bonchev–Trinajstić information content (AvgIpc) is 2.79. The molecule has 1 aliphatic rings. The summed E-state index contributed by atoms with van der Waals surface area (Å²) in [4.78, 5) is 3.58. The van der Waals surface area contributed by atoms with Gasteiger partial charge in [-0.3, -0.25) is 0 Å². The van der Waals surface area contributed by atoms with Crippen molar-refractivity contribution in [3.05, 3.63) is 83.9 Å². The fourth-order valence-corrected chi connectivity index (χ4v) is 5.05. The number of phenolic OH excluding ortho intramolecular Hbond substituents is 2. The minimum atomic E-state index is -1.05. The van der Waals surface area contributed by atoms with E-state index in [2.05, 4.69) is 0 Å². The Bertz CT molecular complexity index is 1290. The van der Waals surface area contributed by atoms with Crippen molar-refractivity contribution in [3.63, 3.8) is 0 Å². The lowest BCUT2D eigenvalue weighted by Gasteiger charge is -2.30. The fourth-order valence-electron chi connectivity index (χ4n) is 3.82. The Morgan fingerprint density at radius 3 is 1.30 bits per heavy atom. The summed E-state index contributed by atoms with van der Waals surface area (Å²) in [5, 5.41) is 18.7. The lowest BCUT2D eigenvalue weighted by atomic mass is 10.0. The van der Waals surface area contributed by atoms with Crippen molar-refractivity contribution in [2.24, 2.45) is 0 Å². The molecular weight excluding hydrogens is 454 g/mol. The second-order valence-electron chi connectivity index (χ2n) is 7.60. The van der Waals surface area contributed by atoms with Gasteiger partial charge >= 0.3 is 0 Å². The first kappa shape index (κ1) is 21.2. The lowest BCUT2D eigenvalue weighted by Crippen LogP contribution is -2.14. The first-order valence-electron chi connectivity index (χ1n) is 9.79. The first-order chi connectivity index (χ1) is 15.7. The first-order valence-corrected chi connectivity index (χ1v) is 10.6. The van der Waals surface area contributed by atoms with Gasteiger partial charge < -0.3 is 15.1 Å². The van der Waals surface area contributed by atoms with Gasteiger partial charge in [0, 0.05) is 16.8 Å². The van der Waals surface area contributed by atoms with E-state index >= 15 is 0 Å². The van der Waals surface area contributed by atoms with Crippen LogP contribution in [0, 0.1) is 23.3 Å². The van der Waals surface area contributed by atoms with E-state index in [4.69, 9.17) is 0 Å². The van der Waals surface area contributed by atoms with Gasteiger partial charge in [0.1, 0.15) is 0 Å². The number of nitrogens with zero attached hydrogens (tertiary/aromatic N) is 1. The Labute approximate surface area is 190 Å². The summed E-state index contributed by atoms with van der Waals surface area (Å²) >= 11 is 1.41. The summed E-state index contributed by atoms with van der Waals surface area (Å²) in [6.45, 7) is 0. The number of benzene rings is 4. The third kappa shape index (κ3) is 3.56. The molecule has 33 heavy (non-hydrogen) atoms. The van der Waals surface area contributed by atoms with Crippen LogP contribution in [0.25, 0.3) is 22.3 Å². The van der Waals surface area contributed by atoms with E-state index < -0.39 is 34.8 Å². The van der Waals surface area contributed by atoms with Crippen LogP contribution < -0.4 is 4.90 Å². The summed E-state index contributed by atoms with van der Waals surface area (Å²) in [6, 6.07) is 15.0. The lowest BCUT2D eigenvalue weighted by molar-refractivity contribution is 0.396. The molecule has 0 bridgehead atoms. The largest absolute Gasteiger partial charge is 0.503 e. The van der Waals surface area contributed by atoms with Gasteiger partial charge in [-0.15, -0.1) is 0 Å². The molecule has 4 aromatic rings. The third-order valence-electron chi connectivity index (χ3n) is 5.56. The number of fused-ring (bicyclic) bond motifs is 2. The number of halogens is 4. The summed E-state index contributed by atoms with van der Waals surface area (Å²) < 4.78 is 55.4. The molecular formula is C25H15F4NO2S. The van der Waals surface area contributed by atoms with Crippen LogP contribution in [0.15, 0.2) is 70.5 Å². The molecule has 2 N–H and O–H groups in total. The van der Waals surface area contributed by atoms with Crippen LogP contribution in [0.3, 0.4) is 0 Å². The van der Waals surface area contributed by atoms with Crippen LogP contribution in [-0.4, -0.2) is 17.3 Å². The number of aromatic hydroxyl groups is 2. The number of hydrogen-bond acceptors (Lipinski definition) is 4. The average molecular weight is 469 g/mol. The van der Waals surface area contributed by atoms with Gasteiger partial charge in [-0.2, -0.15) is 0 Å². The Morgan fingerprint density at radius 2 is 0.939 bits per heavy atom. The molecule has 0 saturated carbocycles. The van der Waals surface area contributed by atoms with Crippen LogP contribution in [0.1, 0.15) is 0 Å². The zero-order valence-corrected chi connectivity index (χ0v) is 17.9. The van der Waals surface area contributed by atoms with E-state index in [-0.39, 0.29) is 11.1 Å². The fraction of sp³-hybridized carbons (Fsp3) is 0.0400. The van der Waals surface area contributed by atoms with E-state index in [1.54, 1.807) is 24.3 Å². The van der Waals surface area contributed by atoms with Crippen LogP contribution in [0.2, 0.25) is 0 Å². The third-order valence-corrected chi connectivity index (χ3v) is 6.66. The van der Waals surface area contributed by atoms with Gasteiger partial charge in [-0.25, -0.2) is 17.6 Å². The van der Waals surface area contributed by atoms with Gasteiger partial charge in [-0.05, 0) is 70.8 Å². The van der Waals surface area contributed by atoms with Crippen molar-refractivity contribution in [2.75, 3.05) is 11.9 Å². The molecule has 166 valence electrons. The van der Waals surface area contributed by atoms with Crippen LogP contribution >= 0.6 is 11.8 Å². The zero-order chi connectivity index (χ0) is 23.4. The van der Waals surface area contributed by atoms with Gasteiger partial charge in [0.05, 0.1) is 11.4 Å². The number of rotatable bonds is 2. The second-order valence-corrected chi connectivity index (χ2v) is 8.69. The summed E-state index contributed by atoms with van der Waals surface area (Å²) in [6.07, 6.45) is 0. The maximum absolute atomic E-state index is 13.8. The van der Waals surface area contributed by atoms with Crippen LogP contribution in [0.5, 0.6) is 11.5 Å². The smallest absolute Gasteiger partial charge is 0.187 e. The normalized spacial score (nSPS) is 12.5. The predicted molar refractivity (Wildman–Crippen MR) is 119 cm³/mol. The van der Waals surface area contributed by atoms with Crippen molar-refractivity contribution in [1.82, 2.24) is 0 Å². The zero-order valence-electron chi connectivity index (χ0n) is 17.0. The van der Waals surface area contributed by atoms with Crippen molar-refractivity contribution in [1.29, 1.82) is 0 Å². The molecule has 0 aliphatic carbocycles. The molecule has 5 rings (SSSR count). The Hall–Kier alpha value is -3.65. The van der Waals surface area contributed by atoms with Gasteiger partial charge in [0.15, 0.2) is 34.8 Å². The molecule has 1 heterocycles. The Morgan fingerprint density at radius 1 is 0.576 bits per heavy atom. The molecule has 0 spiro atoms. The van der Waals surface area contributed by atoms with E-state index in [0.717, 1.165) is 45.4 Å². The molecule has 0 unspecified atom stereocenters. The van der Waals surface area contributed by atoms with Crippen molar-refractivity contribution in [2.45, 2.75) is 9.79 Å². The molecule has 0 aromatic heterocycles. The molecule has 8 heteroatoms. The Kier molecular flexibility index (Phi) is 4.97. The van der Waals surface area contributed by atoms with E-state index in [0.29, 0.717) is 11.1 Å². The minimum absolute atomic E-state index is 0.281. The highest BCUT2D eigenvalue weighted by molar-refractivity contribution is 7.99. The summed E-state index contributed by atoms with van der Waals surface area (Å²) in [5.74, 6) is -6.22. The molecule has 0 saturated heterocycles. The topological polar surface area (TPSA) is 43.7 Å². The van der Waals surface area contributed by atoms with Crippen molar-refractivity contribution < 1.29 is 27.8 Å². The van der Waals surface area contributed by atoms with Crippen molar-refractivity contribution in [3.8, 4) is 33.8 Å². The highest BCUT2D eigenvalue weighted by atomic mass is 32.2. The molecule has 3 nitrogen and oxygen atoms in total. The quantitative estimate of drug-likeness (QED) is 0.304. The highest BCUT2D eigenvalue weighted by Gasteiger charge is 2.23. The van der Waals surface area contributed by atoms with Crippen LogP contribution in [-0.2, 0) is 0 Å². The van der Waals surface area contributed by atoms with E-state index in [1.807, 2.05) is 24.1 Å². The minimum Gasteiger partial charge on any atom is -0.503 e. The monoisotopic (exact) mass is 469 g/mol. The van der Waals surface area contributed by atoms with Crippen molar-refractivity contribution >= 4 is 23.1 Å². The molecule has 0 amide bonds.